The van der Waals surface area contributed by atoms with Crippen LogP contribution in [0.1, 0.15) is 13.3 Å². The van der Waals surface area contributed by atoms with Crippen LogP contribution < -0.4 is 14.8 Å². The standard InChI is InChI=1S/C12H16N2O5S/c1-2-8(6-15)14-20(17,18)9-3-4-11-10(5-9)13-12(16)7-19-11/h3-5,8,14-15H,2,6-7H2,1H3,(H,13,16). The average Bonchev–Trinajstić information content (AvgIpc) is 2.43. The van der Waals surface area contributed by atoms with E-state index >= 15 is 0 Å². The minimum atomic E-state index is -3.75. The minimum absolute atomic E-state index is 0.00829. The van der Waals surface area contributed by atoms with Gasteiger partial charge in [0, 0.05) is 6.04 Å². The van der Waals surface area contributed by atoms with Gasteiger partial charge in [0.05, 0.1) is 17.2 Å². The second kappa shape index (κ2) is 5.78. The van der Waals surface area contributed by atoms with Gasteiger partial charge in [-0.3, -0.25) is 4.79 Å². The number of ether oxygens (including phenoxy) is 1. The smallest absolute Gasteiger partial charge is 0.262 e. The number of aliphatic hydroxyl groups is 1. The molecule has 0 aromatic heterocycles. The fraction of sp³-hybridized carbons (Fsp3) is 0.417. The van der Waals surface area contributed by atoms with Crippen molar-refractivity contribution in [1.29, 1.82) is 0 Å². The summed E-state index contributed by atoms with van der Waals surface area (Å²) in [5.74, 6) is 0.0968. The zero-order chi connectivity index (χ0) is 14.8. The van der Waals surface area contributed by atoms with E-state index in [0.717, 1.165) is 0 Å². The molecule has 1 amide bonds. The number of anilines is 1. The van der Waals surface area contributed by atoms with Gasteiger partial charge in [-0.2, -0.15) is 0 Å². The predicted molar refractivity (Wildman–Crippen MR) is 72.1 cm³/mol. The number of carbonyl (C=O) groups excluding carboxylic acids is 1. The highest BCUT2D eigenvalue weighted by atomic mass is 32.2. The van der Waals surface area contributed by atoms with Crippen molar-refractivity contribution in [1.82, 2.24) is 4.72 Å². The van der Waals surface area contributed by atoms with Crippen LogP contribution in [0.3, 0.4) is 0 Å². The Bertz CT molecular complexity index is 610. The third-order valence-electron chi connectivity index (χ3n) is 2.93. The largest absolute Gasteiger partial charge is 0.482 e. The van der Waals surface area contributed by atoms with Crippen LogP contribution in [0.5, 0.6) is 5.75 Å². The van der Waals surface area contributed by atoms with E-state index in [1.165, 1.54) is 18.2 Å². The molecule has 0 fully saturated rings. The zero-order valence-corrected chi connectivity index (χ0v) is 11.7. The second-order valence-corrected chi connectivity index (χ2v) is 6.12. The van der Waals surface area contributed by atoms with Crippen LogP contribution in [-0.4, -0.2) is 38.7 Å². The third kappa shape index (κ3) is 3.09. The van der Waals surface area contributed by atoms with Gasteiger partial charge in [0.2, 0.25) is 10.0 Å². The van der Waals surface area contributed by atoms with E-state index in [0.29, 0.717) is 17.9 Å². The summed E-state index contributed by atoms with van der Waals surface area (Å²) >= 11 is 0. The van der Waals surface area contributed by atoms with E-state index in [1.54, 1.807) is 6.92 Å². The maximum Gasteiger partial charge on any atom is 0.262 e. The molecule has 110 valence electrons. The van der Waals surface area contributed by atoms with Gasteiger partial charge in [-0.05, 0) is 24.6 Å². The van der Waals surface area contributed by atoms with Crippen LogP contribution >= 0.6 is 0 Å². The minimum Gasteiger partial charge on any atom is -0.482 e. The summed E-state index contributed by atoms with van der Waals surface area (Å²) in [5.41, 5.74) is 0.321. The molecule has 1 aliphatic heterocycles. The molecule has 0 spiro atoms. The molecule has 1 unspecified atom stereocenters. The van der Waals surface area contributed by atoms with E-state index in [1.807, 2.05) is 0 Å². The van der Waals surface area contributed by atoms with Crippen LogP contribution in [0.4, 0.5) is 5.69 Å². The van der Waals surface area contributed by atoms with Crippen LogP contribution in [0.15, 0.2) is 23.1 Å². The van der Waals surface area contributed by atoms with Gasteiger partial charge in [0.25, 0.3) is 5.91 Å². The van der Waals surface area contributed by atoms with Crippen molar-refractivity contribution < 1.29 is 23.1 Å². The Hall–Kier alpha value is -1.64. The SMILES string of the molecule is CCC(CO)NS(=O)(=O)c1ccc2c(c1)NC(=O)CO2. The molecule has 1 heterocycles. The molecular weight excluding hydrogens is 284 g/mol. The number of sulfonamides is 1. The van der Waals surface area contributed by atoms with Crippen molar-refractivity contribution in [2.75, 3.05) is 18.5 Å². The number of nitrogens with one attached hydrogen (secondary N) is 2. The first-order chi connectivity index (χ1) is 9.46. The molecule has 8 heteroatoms. The van der Waals surface area contributed by atoms with Crippen LogP contribution in [0, 0.1) is 0 Å². The van der Waals surface area contributed by atoms with Gasteiger partial charge < -0.3 is 15.2 Å². The molecule has 2 rings (SSSR count). The second-order valence-electron chi connectivity index (χ2n) is 4.40. The monoisotopic (exact) mass is 300 g/mol. The maximum atomic E-state index is 12.2. The molecule has 3 N–H and O–H groups in total. The Morgan fingerprint density at radius 3 is 2.90 bits per heavy atom. The number of amides is 1. The molecule has 0 radical (unpaired) electrons. The van der Waals surface area contributed by atoms with Crippen molar-refractivity contribution in [2.45, 2.75) is 24.3 Å². The van der Waals surface area contributed by atoms with Gasteiger partial charge in [-0.15, -0.1) is 0 Å². The van der Waals surface area contributed by atoms with Crippen LogP contribution in [0.25, 0.3) is 0 Å². The quantitative estimate of drug-likeness (QED) is 0.713. The molecule has 0 saturated heterocycles. The summed E-state index contributed by atoms with van der Waals surface area (Å²) in [7, 11) is -3.75. The van der Waals surface area contributed by atoms with Gasteiger partial charge in [-0.1, -0.05) is 6.92 Å². The first-order valence-electron chi connectivity index (χ1n) is 6.16. The van der Waals surface area contributed by atoms with E-state index in [9.17, 15) is 13.2 Å². The molecule has 0 bridgehead atoms. The lowest BCUT2D eigenvalue weighted by Crippen LogP contribution is -2.37. The number of carbonyl (C=O) groups is 1. The van der Waals surface area contributed by atoms with E-state index in [4.69, 9.17) is 9.84 Å². The molecule has 1 aromatic carbocycles. The molecule has 1 atom stereocenters. The Labute approximate surface area is 117 Å². The molecule has 0 saturated carbocycles. The Balaban J connectivity index is 2.29. The number of aliphatic hydroxyl groups excluding tert-OH is 1. The third-order valence-corrected chi connectivity index (χ3v) is 4.45. The summed E-state index contributed by atoms with van der Waals surface area (Å²) in [4.78, 5) is 11.2. The molecule has 1 aliphatic rings. The van der Waals surface area contributed by atoms with Crippen molar-refractivity contribution in [3.63, 3.8) is 0 Å². The summed E-state index contributed by atoms with van der Waals surface area (Å²) in [5, 5.41) is 11.6. The summed E-state index contributed by atoms with van der Waals surface area (Å²) in [6, 6.07) is 3.67. The first kappa shape index (κ1) is 14.8. The highest BCUT2D eigenvalue weighted by Crippen LogP contribution is 2.30. The molecule has 7 nitrogen and oxygen atoms in total. The van der Waals surface area contributed by atoms with Crippen LogP contribution in [-0.2, 0) is 14.8 Å². The summed E-state index contributed by atoms with van der Waals surface area (Å²) in [6.45, 7) is 1.41. The Morgan fingerprint density at radius 2 is 2.25 bits per heavy atom. The van der Waals surface area contributed by atoms with Crippen molar-refractivity contribution in [3.05, 3.63) is 18.2 Å². The van der Waals surface area contributed by atoms with E-state index < -0.39 is 16.1 Å². The first-order valence-corrected chi connectivity index (χ1v) is 7.64. The molecule has 0 aliphatic carbocycles. The number of benzene rings is 1. The zero-order valence-electron chi connectivity index (χ0n) is 10.9. The highest BCUT2D eigenvalue weighted by molar-refractivity contribution is 7.89. The van der Waals surface area contributed by atoms with Crippen LogP contribution in [0.2, 0.25) is 0 Å². The number of hydrogen-bond donors (Lipinski definition) is 3. The fourth-order valence-electron chi connectivity index (χ4n) is 1.77. The van der Waals surface area contributed by atoms with Crippen molar-refractivity contribution >= 4 is 21.6 Å². The van der Waals surface area contributed by atoms with Crippen molar-refractivity contribution in [3.8, 4) is 5.75 Å². The molecule has 1 aromatic rings. The Kier molecular flexibility index (Phi) is 4.26. The maximum absolute atomic E-state index is 12.2. The van der Waals surface area contributed by atoms with Gasteiger partial charge in [0.15, 0.2) is 6.61 Å². The molecular formula is C12H16N2O5S. The fourth-order valence-corrected chi connectivity index (χ4v) is 3.10. The number of hydrogen-bond acceptors (Lipinski definition) is 5. The topological polar surface area (TPSA) is 105 Å². The lowest BCUT2D eigenvalue weighted by Gasteiger charge is -2.19. The normalized spacial score (nSPS) is 16.0. The van der Waals surface area contributed by atoms with Gasteiger partial charge >= 0.3 is 0 Å². The van der Waals surface area contributed by atoms with Gasteiger partial charge in [0.1, 0.15) is 5.75 Å². The highest BCUT2D eigenvalue weighted by Gasteiger charge is 2.22. The lowest BCUT2D eigenvalue weighted by molar-refractivity contribution is -0.118. The predicted octanol–water partition coefficient (Wildman–Crippen LogP) is 0.0667. The summed E-state index contributed by atoms with van der Waals surface area (Å²) < 4.78 is 31.9. The van der Waals surface area contributed by atoms with Crippen molar-refractivity contribution in [2.24, 2.45) is 0 Å². The summed E-state index contributed by atoms with van der Waals surface area (Å²) in [6.07, 6.45) is 0.473. The van der Waals surface area contributed by atoms with E-state index in [-0.39, 0.29) is 24.0 Å². The molecule has 20 heavy (non-hydrogen) atoms. The van der Waals surface area contributed by atoms with Gasteiger partial charge in [-0.25, -0.2) is 13.1 Å². The lowest BCUT2D eigenvalue weighted by atomic mass is 10.2. The average molecular weight is 300 g/mol. The van der Waals surface area contributed by atoms with E-state index in [2.05, 4.69) is 10.0 Å². The number of fused-ring (bicyclic) bond motifs is 1. The Morgan fingerprint density at radius 1 is 1.50 bits per heavy atom. The number of rotatable bonds is 5.